The van der Waals surface area contributed by atoms with E-state index in [1.807, 2.05) is 43.3 Å². The molecule has 194 valence electrons. The van der Waals surface area contributed by atoms with Crippen molar-refractivity contribution in [2.24, 2.45) is 0 Å². The highest BCUT2D eigenvalue weighted by Crippen LogP contribution is 2.24. The molecule has 0 radical (unpaired) electrons. The largest absolute Gasteiger partial charge is 0.497 e. The summed E-state index contributed by atoms with van der Waals surface area (Å²) in [6.07, 6.45) is 0.725. The maximum Gasteiger partial charge on any atom is 0.255 e. The van der Waals surface area contributed by atoms with E-state index >= 15 is 0 Å². The maximum atomic E-state index is 13.1. The number of piperazine rings is 1. The van der Waals surface area contributed by atoms with Gasteiger partial charge in [0.25, 0.3) is 5.91 Å². The van der Waals surface area contributed by atoms with Crippen molar-refractivity contribution in [3.63, 3.8) is 0 Å². The Morgan fingerprint density at radius 1 is 1.00 bits per heavy atom. The molecule has 4 rings (SSSR count). The van der Waals surface area contributed by atoms with Crippen LogP contribution in [0.5, 0.6) is 5.75 Å². The van der Waals surface area contributed by atoms with Crippen LogP contribution in [-0.4, -0.2) is 78.2 Å². The first-order valence-corrected chi connectivity index (χ1v) is 12.9. The van der Waals surface area contributed by atoms with E-state index in [2.05, 4.69) is 15.1 Å². The highest BCUT2D eigenvalue weighted by molar-refractivity contribution is 6.36. The third-order valence-corrected chi connectivity index (χ3v) is 6.79. The zero-order valence-corrected chi connectivity index (χ0v) is 22.4. The van der Waals surface area contributed by atoms with Gasteiger partial charge < -0.3 is 19.4 Å². The Morgan fingerprint density at radius 2 is 1.78 bits per heavy atom. The van der Waals surface area contributed by atoms with E-state index < -0.39 is 0 Å². The summed E-state index contributed by atoms with van der Waals surface area (Å²) < 4.78 is 5.29. The fraction of sp³-hybridized carbons (Fsp3) is 0.333. The summed E-state index contributed by atoms with van der Waals surface area (Å²) in [4.78, 5) is 31.6. The van der Waals surface area contributed by atoms with E-state index in [1.54, 1.807) is 29.0 Å². The molecule has 0 aliphatic carbocycles. The fourth-order valence-corrected chi connectivity index (χ4v) is 4.72. The van der Waals surface area contributed by atoms with E-state index in [1.165, 1.54) is 6.07 Å². The standard InChI is InChI=1S/C27H29Cl2N5O3/c1-3-11-34(27(36)22-8-7-20(28)17-23(22)29)18-26(35)33-14-12-32(13-15-33)25-10-9-24(30-31-25)19-5-4-6-21(16-19)37-2/h4-10,16-17H,3,11-15,18H2,1-2H3. The molecular formula is C27H29Cl2N5O3. The number of carbonyl (C=O) groups excluding carboxylic acids is 2. The number of nitrogens with zero attached hydrogens (tertiary/aromatic N) is 5. The molecule has 0 bridgehead atoms. The second kappa shape index (κ2) is 12.3. The number of carbonyl (C=O) groups is 2. The van der Waals surface area contributed by atoms with Crippen LogP contribution in [0.1, 0.15) is 23.7 Å². The van der Waals surface area contributed by atoms with Gasteiger partial charge in [-0.3, -0.25) is 9.59 Å². The molecule has 1 saturated heterocycles. The fourth-order valence-electron chi connectivity index (χ4n) is 4.23. The van der Waals surface area contributed by atoms with Gasteiger partial charge in [0, 0.05) is 43.3 Å². The SMILES string of the molecule is CCCN(CC(=O)N1CCN(c2ccc(-c3cccc(OC)c3)nn2)CC1)C(=O)c1ccc(Cl)cc1Cl. The number of halogens is 2. The van der Waals surface area contributed by atoms with Gasteiger partial charge in [0.05, 0.1) is 23.4 Å². The molecule has 2 aromatic carbocycles. The van der Waals surface area contributed by atoms with Gasteiger partial charge in [-0.2, -0.15) is 0 Å². The van der Waals surface area contributed by atoms with E-state index in [4.69, 9.17) is 27.9 Å². The predicted molar refractivity (Wildman–Crippen MR) is 145 cm³/mol. The number of methoxy groups -OCH3 is 1. The monoisotopic (exact) mass is 541 g/mol. The summed E-state index contributed by atoms with van der Waals surface area (Å²) in [5.41, 5.74) is 2.03. The Morgan fingerprint density at radius 3 is 2.43 bits per heavy atom. The molecule has 1 aliphatic heterocycles. The average Bonchev–Trinajstić information content (AvgIpc) is 2.92. The third-order valence-electron chi connectivity index (χ3n) is 6.24. The van der Waals surface area contributed by atoms with Gasteiger partial charge in [-0.1, -0.05) is 42.3 Å². The predicted octanol–water partition coefficient (Wildman–Crippen LogP) is 4.66. The molecule has 37 heavy (non-hydrogen) atoms. The van der Waals surface area contributed by atoms with Crippen LogP contribution in [0, 0.1) is 0 Å². The minimum atomic E-state index is -0.276. The number of benzene rings is 2. The number of ether oxygens (including phenoxy) is 1. The summed E-state index contributed by atoms with van der Waals surface area (Å²) in [7, 11) is 1.63. The minimum Gasteiger partial charge on any atom is -0.497 e. The first-order chi connectivity index (χ1) is 17.9. The molecule has 1 fully saturated rings. The van der Waals surface area contributed by atoms with Gasteiger partial charge in [-0.15, -0.1) is 10.2 Å². The summed E-state index contributed by atoms with van der Waals surface area (Å²) >= 11 is 12.2. The number of amides is 2. The van der Waals surface area contributed by atoms with Gasteiger partial charge in [-0.05, 0) is 48.9 Å². The molecule has 0 spiro atoms. The molecule has 2 heterocycles. The van der Waals surface area contributed by atoms with E-state index in [9.17, 15) is 9.59 Å². The average molecular weight is 542 g/mol. The van der Waals surface area contributed by atoms with Gasteiger partial charge in [0.15, 0.2) is 5.82 Å². The van der Waals surface area contributed by atoms with Gasteiger partial charge >= 0.3 is 0 Å². The highest BCUT2D eigenvalue weighted by Gasteiger charge is 2.26. The molecule has 8 nitrogen and oxygen atoms in total. The lowest BCUT2D eigenvalue weighted by molar-refractivity contribution is -0.132. The Bertz CT molecular complexity index is 1250. The summed E-state index contributed by atoms with van der Waals surface area (Å²) in [6.45, 7) is 4.75. The molecule has 1 aromatic heterocycles. The van der Waals surface area contributed by atoms with E-state index in [0.717, 1.165) is 29.2 Å². The van der Waals surface area contributed by atoms with Crippen LogP contribution in [0.25, 0.3) is 11.3 Å². The van der Waals surface area contributed by atoms with Crippen molar-refractivity contribution in [3.05, 3.63) is 70.2 Å². The lowest BCUT2D eigenvalue weighted by Gasteiger charge is -2.36. The maximum absolute atomic E-state index is 13.1. The number of rotatable bonds is 8. The van der Waals surface area contributed by atoms with Gasteiger partial charge in [-0.25, -0.2) is 0 Å². The summed E-state index contributed by atoms with van der Waals surface area (Å²) in [6, 6.07) is 16.3. The Kier molecular flexibility index (Phi) is 8.84. The van der Waals surface area contributed by atoms with Crippen LogP contribution in [-0.2, 0) is 4.79 Å². The van der Waals surface area contributed by atoms with Crippen molar-refractivity contribution < 1.29 is 14.3 Å². The zero-order chi connectivity index (χ0) is 26.4. The van der Waals surface area contributed by atoms with E-state index in [-0.39, 0.29) is 23.4 Å². The summed E-state index contributed by atoms with van der Waals surface area (Å²) in [5.74, 6) is 1.16. The molecule has 0 N–H and O–H groups in total. The Labute approximate surface area is 226 Å². The first-order valence-electron chi connectivity index (χ1n) is 12.1. The molecule has 10 heteroatoms. The number of hydrogen-bond acceptors (Lipinski definition) is 6. The smallest absolute Gasteiger partial charge is 0.255 e. The molecule has 0 unspecified atom stereocenters. The molecule has 0 atom stereocenters. The zero-order valence-electron chi connectivity index (χ0n) is 20.9. The Balaban J connectivity index is 1.35. The lowest BCUT2D eigenvalue weighted by atomic mass is 10.1. The van der Waals surface area contributed by atoms with Crippen molar-refractivity contribution in [1.82, 2.24) is 20.0 Å². The molecule has 2 amide bonds. The van der Waals surface area contributed by atoms with Crippen LogP contribution in [0.2, 0.25) is 10.0 Å². The van der Waals surface area contributed by atoms with Crippen molar-refractivity contribution >= 4 is 40.8 Å². The van der Waals surface area contributed by atoms with Gasteiger partial charge in [0.2, 0.25) is 5.91 Å². The van der Waals surface area contributed by atoms with Crippen LogP contribution in [0.3, 0.4) is 0 Å². The van der Waals surface area contributed by atoms with Crippen LogP contribution in [0.15, 0.2) is 54.6 Å². The molecule has 0 saturated carbocycles. The van der Waals surface area contributed by atoms with Gasteiger partial charge in [0.1, 0.15) is 12.3 Å². The van der Waals surface area contributed by atoms with Crippen LogP contribution < -0.4 is 9.64 Å². The van der Waals surface area contributed by atoms with Crippen LogP contribution in [0.4, 0.5) is 5.82 Å². The topological polar surface area (TPSA) is 78.9 Å². The second-order valence-corrected chi connectivity index (χ2v) is 9.57. The van der Waals surface area contributed by atoms with Crippen molar-refractivity contribution in [2.45, 2.75) is 13.3 Å². The second-order valence-electron chi connectivity index (χ2n) is 8.73. The normalized spacial score (nSPS) is 13.4. The summed E-state index contributed by atoms with van der Waals surface area (Å²) in [5, 5.41) is 9.52. The molecule has 3 aromatic rings. The first kappa shape index (κ1) is 26.7. The number of aromatic nitrogens is 2. The van der Waals surface area contributed by atoms with Crippen molar-refractivity contribution in [1.29, 1.82) is 0 Å². The van der Waals surface area contributed by atoms with E-state index in [0.29, 0.717) is 43.3 Å². The number of hydrogen-bond donors (Lipinski definition) is 0. The quantitative estimate of drug-likeness (QED) is 0.412. The lowest BCUT2D eigenvalue weighted by Crippen LogP contribution is -2.52. The minimum absolute atomic E-state index is 0.000664. The van der Waals surface area contributed by atoms with Crippen molar-refractivity contribution in [3.8, 4) is 17.0 Å². The van der Waals surface area contributed by atoms with Crippen molar-refractivity contribution in [2.75, 3.05) is 51.3 Å². The molecular weight excluding hydrogens is 513 g/mol. The third kappa shape index (κ3) is 6.50. The van der Waals surface area contributed by atoms with Crippen LogP contribution >= 0.6 is 23.2 Å². The molecule has 1 aliphatic rings. The highest BCUT2D eigenvalue weighted by atomic mass is 35.5. The Hall–Kier alpha value is -3.36. The number of anilines is 1.